The maximum atomic E-state index is 11.9. The van der Waals surface area contributed by atoms with Crippen LogP contribution in [0.4, 0.5) is 0 Å². The van der Waals surface area contributed by atoms with Gasteiger partial charge in [-0.15, -0.1) is 22.7 Å². The van der Waals surface area contributed by atoms with E-state index in [1.165, 1.54) is 22.7 Å². The molecule has 4 nitrogen and oxygen atoms in total. The molecule has 0 aliphatic heterocycles. The van der Waals surface area contributed by atoms with Crippen molar-refractivity contribution in [3.05, 3.63) is 38.0 Å². The van der Waals surface area contributed by atoms with Crippen molar-refractivity contribution in [2.24, 2.45) is 0 Å². The molecule has 1 amide bonds. The van der Waals surface area contributed by atoms with Crippen molar-refractivity contribution >= 4 is 28.6 Å². The van der Waals surface area contributed by atoms with E-state index in [4.69, 9.17) is 5.11 Å². The Hall–Kier alpha value is -1.68. The number of rotatable bonds is 3. The average Bonchev–Trinajstić information content (AvgIpc) is 3.03. The number of thiazole rings is 1. The molecule has 2 N–H and O–H groups in total. The molecule has 2 rings (SSSR count). The van der Waals surface area contributed by atoms with E-state index in [2.05, 4.69) is 22.1 Å². The summed E-state index contributed by atoms with van der Waals surface area (Å²) in [6.45, 7) is 2.24. The second kappa shape index (κ2) is 6.48. The highest BCUT2D eigenvalue weighted by atomic mass is 32.1. The van der Waals surface area contributed by atoms with Gasteiger partial charge in [0.2, 0.25) is 0 Å². The van der Waals surface area contributed by atoms with E-state index in [-0.39, 0.29) is 12.5 Å². The van der Waals surface area contributed by atoms with Crippen LogP contribution in [0.15, 0.2) is 17.6 Å². The van der Waals surface area contributed by atoms with E-state index in [1.54, 1.807) is 17.6 Å². The predicted octanol–water partition coefficient (Wildman–Crippen LogP) is 1.79. The quantitative estimate of drug-likeness (QED) is 0.848. The Balaban J connectivity index is 1.96. The molecule has 0 radical (unpaired) electrons. The number of hydrogen-bond donors (Lipinski definition) is 2. The summed E-state index contributed by atoms with van der Waals surface area (Å²) in [7, 11) is 0. The van der Waals surface area contributed by atoms with Gasteiger partial charge in [-0.1, -0.05) is 11.8 Å². The van der Waals surface area contributed by atoms with Gasteiger partial charge < -0.3 is 10.4 Å². The summed E-state index contributed by atoms with van der Waals surface area (Å²) < 4.78 is 0. The van der Waals surface area contributed by atoms with Crippen LogP contribution >= 0.6 is 22.7 Å². The zero-order chi connectivity index (χ0) is 13.7. The minimum absolute atomic E-state index is 0.116. The summed E-state index contributed by atoms with van der Waals surface area (Å²) >= 11 is 2.84. The van der Waals surface area contributed by atoms with Gasteiger partial charge in [-0.3, -0.25) is 4.79 Å². The second-order valence-electron chi connectivity index (χ2n) is 3.67. The van der Waals surface area contributed by atoms with Crippen LogP contribution in [0.3, 0.4) is 0 Å². The molecule has 0 aromatic carbocycles. The van der Waals surface area contributed by atoms with Crippen molar-refractivity contribution in [2.75, 3.05) is 6.61 Å². The van der Waals surface area contributed by atoms with Crippen molar-refractivity contribution in [1.82, 2.24) is 10.3 Å². The number of hydrogen-bond acceptors (Lipinski definition) is 5. The number of aromatic nitrogens is 1. The molecular weight excluding hydrogens is 280 g/mol. The van der Waals surface area contributed by atoms with E-state index in [9.17, 15) is 4.79 Å². The van der Waals surface area contributed by atoms with Crippen molar-refractivity contribution in [1.29, 1.82) is 0 Å². The van der Waals surface area contributed by atoms with Gasteiger partial charge in [0.1, 0.15) is 6.61 Å². The molecule has 0 bridgehead atoms. The lowest BCUT2D eigenvalue weighted by atomic mass is 10.3. The van der Waals surface area contributed by atoms with Gasteiger partial charge in [0, 0.05) is 4.88 Å². The molecular formula is C13H12N2O2S2. The molecule has 2 aromatic rings. The van der Waals surface area contributed by atoms with Crippen molar-refractivity contribution < 1.29 is 9.90 Å². The maximum Gasteiger partial charge on any atom is 0.261 e. The summed E-state index contributed by atoms with van der Waals surface area (Å²) in [6.07, 6.45) is 0. The third-order valence-electron chi connectivity index (χ3n) is 2.37. The highest BCUT2D eigenvalue weighted by molar-refractivity contribution is 7.14. The summed E-state index contributed by atoms with van der Waals surface area (Å²) in [5.74, 6) is 5.22. The van der Waals surface area contributed by atoms with Crippen LogP contribution in [0.2, 0.25) is 0 Å². The fourth-order valence-electron chi connectivity index (χ4n) is 1.40. The van der Waals surface area contributed by atoms with Gasteiger partial charge in [0.15, 0.2) is 0 Å². The molecule has 0 aliphatic carbocycles. The van der Waals surface area contributed by atoms with Gasteiger partial charge in [-0.25, -0.2) is 4.98 Å². The fourth-order valence-corrected chi connectivity index (χ4v) is 2.91. The monoisotopic (exact) mass is 292 g/mol. The Morgan fingerprint density at radius 3 is 3.05 bits per heavy atom. The first-order valence-electron chi connectivity index (χ1n) is 5.57. The molecule has 0 unspecified atom stereocenters. The smallest absolute Gasteiger partial charge is 0.261 e. The number of nitrogens with zero attached hydrogens (tertiary/aromatic N) is 1. The van der Waals surface area contributed by atoms with E-state index in [1.807, 2.05) is 6.92 Å². The van der Waals surface area contributed by atoms with Crippen LogP contribution in [0.5, 0.6) is 0 Å². The molecule has 0 fully saturated rings. The highest BCUT2D eigenvalue weighted by Crippen LogP contribution is 2.16. The highest BCUT2D eigenvalue weighted by Gasteiger charge is 2.09. The van der Waals surface area contributed by atoms with E-state index >= 15 is 0 Å². The standard InChI is InChI=1S/C13H12N2O2S2/c1-9-12(18-8-15-9)7-14-13(17)11-5-4-10(19-11)3-2-6-16/h4-5,8,16H,6-7H2,1H3,(H,14,17). The summed E-state index contributed by atoms with van der Waals surface area (Å²) in [4.78, 5) is 18.5. The molecule has 2 heterocycles. The number of aliphatic hydroxyl groups is 1. The molecule has 19 heavy (non-hydrogen) atoms. The number of carbonyl (C=O) groups excluding carboxylic acids is 1. The Bertz CT molecular complexity index is 634. The van der Waals surface area contributed by atoms with Crippen LogP contribution < -0.4 is 5.32 Å². The van der Waals surface area contributed by atoms with Crippen LogP contribution in [-0.4, -0.2) is 22.6 Å². The first kappa shape index (κ1) is 13.7. The normalized spacial score (nSPS) is 9.79. The summed E-state index contributed by atoms with van der Waals surface area (Å²) in [6, 6.07) is 3.51. The lowest BCUT2D eigenvalue weighted by molar-refractivity contribution is 0.0955. The first-order valence-corrected chi connectivity index (χ1v) is 7.27. The van der Waals surface area contributed by atoms with Gasteiger partial charge in [0.05, 0.1) is 27.5 Å². The third-order valence-corrected chi connectivity index (χ3v) is 4.31. The topological polar surface area (TPSA) is 62.2 Å². The van der Waals surface area contributed by atoms with Gasteiger partial charge in [0.25, 0.3) is 5.91 Å². The largest absolute Gasteiger partial charge is 0.384 e. The number of nitrogens with one attached hydrogen (secondary N) is 1. The Morgan fingerprint density at radius 2 is 2.37 bits per heavy atom. The lowest BCUT2D eigenvalue weighted by Gasteiger charge is -2.01. The molecule has 0 spiro atoms. The Morgan fingerprint density at radius 1 is 1.53 bits per heavy atom. The molecule has 0 saturated heterocycles. The molecule has 0 atom stereocenters. The number of aryl methyl sites for hydroxylation is 1. The minimum Gasteiger partial charge on any atom is -0.384 e. The van der Waals surface area contributed by atoms with Gasteiger partial charge >= 0.3 is 0 Å². The van der Waals surface area contributed by atoms with Crippen LogP contribution in [0.25, 0.3) is 0 Å². The van der Waals surface area contributed by atoms with E-state index in [0.717, 1.165) is 15.4 Å². The third kappa shape index (κ3) is 3.64. The lowest BCUT2D eigenvalue weighted by Crippen LogP contribution is -2.21. The summed E-state index contributed by atoms with van der Waals surface area (Å²) in [5.41, 5.74) is 2.72. The average molecular weight is 292 g/mol. The number of aliphatic hydroxyl groups excluding tert-OH is 1. The predicted molar refractivity (Wildman–Crippen MR) is 76.3 cm³/mol. The summed E-state index contributed by atoms with van der Waals surface area (Å²) in [5, 5.41) is 11.5. The number of thiophene rings is 1. The van der Waals surface area contributed by atoms with E-state index < -0.39 is 0 Å². The second-order valence-corrected chi connectivity index (χ2v) is 5.69. The van der Waals surface area contributed by atoms with E-state index in [0.29, 0.717) is 11.4 Å². The van der Waals surface area contributed by atoms with Crippen LogP contribution in [-0.2, 0) is 6.54 Å². The molecule has 2 aromatic heterocycles. The van der Waals surface area contributed by atoms with Gasteiger partial charge in [-0.05, 0) is 19.1 Å². The fraction of sp³-hybridized carbons (Fsp3) is 0.231. The number of carbonyl (C=O) groups is 1. The van der Waals surface area contributed by atoms with Gasteiger partial charge in [-0.2, -0.15) is 0 Å². The van der Waals surface area contributed by atoms with Crippen LogP contribution in [0, 0.1) is 18.8 Å². The molecule has 0 aliphatic rings. The Kier molecular flexibility index (Phi) is 4.68. The zero-order valence-electron chi connectivity index (χ0n) is 10.3. The minimum atomic E-state index is -0.177. The first-order chi connectivity index (χ1) is 9.20. The van der Waals surface area contributed by atoms with Crippen LogP contribution in [0.1, 0.15) is 25.1 Å². The Labute approximate surface area is 119 Å². The molecule has 98 valence electrons. The van der Waals surface area contributed by atoms with Crippen molar-refractivity contribution in [3.63, 3.8) is 0 Å². The molecule has 0 saturated carbocycles. The zero-order valence-corrected chi connectivity index (χ0v) is 11.9. The number of amides is 1. The van der Waals surface area contributed by atoms with Crippen molar-refractivity contribution in [2.45, 2.75) is 13.5 Å². The molecule has 6 heteroatoms. The SMILES string of the molecule is Cc1ncsc1CNC(=O)c1ccc(C#CCO)s1. The van der Waals surface area contributed by atoms with Crippen molar-refractivity contribution in [3.8, 4) is 11.8 Å². The maximum absolute atomic E-state index is 11.9.